The lowest BCUT2D eigenvalue weighted by Crippen LogP contribution is -1.99. The largest absolute Gasteiger partial charge is 0.350 e. The normalized spacial score (nSPS) is 11.7. The number of aromatic amines is 1. The molecule has 120 valence electrons. The van der Waals surface area contributed by atoms with Crippen LogP contribution >= 0.6 is 23.6 Å². The zero-order valence-corrected chi connectivity index (χ0v) is 14.6. The molecule has 0 spiro atoms. The number of benzene rings is 1. The van der Waals surface area contributed by atoms with Crippen molar-refractivity contribution >= 4 is 40.7 Å². The van der Waals surface area contributed by atoms with Crippen molar-refractivity contribution in [3.05, 3.63) is 69.0 Å². The van der Waals surface area contributed by atoms with Crippen LogP contribution in [0.3, 0.4) is 0 Å². The molecule has 1 N–H and O–H groups in total. The molecule has 3 heterocycles. The van der Waals surface area contributed by atoms with Gasteiger partial charge in [0.2, 0.25) is 4.77 Å². The minimum atomic E-state index is 0.498. The van der Waals surface area contributed by atoms with Crippen LogP contribution in [0.2, 0.25) is 0 Å². The molecule has 0 saturated heterocycles. The first kappa shape index (κ1) is 15.0. The monoisotopic (exact) mass is 353 g/mol. The van der Waals surface area contributed by atoms with Gasteiger partial charge in [-0.3, -0.25) is 5.10 Å². The minimum absolute atomic E-state index is 0.498. The van der Waals surface area contributed by atoms with E-state index in [4.69, 9.17) is 12.2 Å². The average Bonchev–Trinajstić information content (AvgIpc) is 3.29. The number of nitrogens with one attached hydrogen (secondary N) is 1. The van der Waals surface area contributed by atoms with Gasteiger partial charge in [-0.25, -0.2) is 0 Å². The molecule has 4 aromatic rings. The van der Waals surface area contributed by atoms with Crippen molar-refractivity contribution in [1.82, 2.24) is 19.4 Å². The fourth-order valence-corrected chi connectivity index (χ4v) is 3.62. The molecule has 0 aliphatic rings. The third-order valence-electron chi connectivity index (χ3n) is 3.87. The fourth-order valence-electron chi connectivity index (χ4n) is 2.72. The highest BCUT2D eigenvalue weighted by molar-refractivity contribution is 7.71. The van der Waals surface area contributed by atoms with Crippen LogP contribution in [-0.4, -0.2) is 25.7 Å². The standard InChI is InChI=1S/C17H15N5S2/c1-21-11-12(14-6-2-3-7-15(14)21)10-18-22-16(19-20-17(22)23)9-13-5-4-8-24-13/h2-8,10-11H,9H2,1H3,(H,20,23)/b18-10-. The Hall–Kier alpha value is -2.51. The number of rotatable bonds is 4. The van der Waals surface area contributed by atoms with E-state index in [9.17, 15) is 0 Å². The molecule has 0 bridgehead atoms. The zero-order valence-electron chi connectivity index (χ0n) is 13.0. The summed E-state index contributed by atoms with van der Waals surface area (Å²) in [5.74, 6) is 0.805. The summed E-state index contributed by atoms with van der Waals surface area (Å²) >= 11 is 7.01. The van der Waals surface area contributed by atoms with Gasteiger partial charge in [0.15, 0.2) is 5.82 Å². The summed E-state index contributed by atoms with van der Waals surface area (Å²) in [4.78, 5) is 1.23. The SMILES string of the molecule is Cn1cc(/C=N\n2c(Cc3cccs3)n[nH]c2=S)c2ccccc21. The van der Waals surface area contributed by atoms with Crippen LogP contribution in [0.15, 0.2) is 53.1 Å². The molecule has 0 unspecified atom stereocenters. The number of hydrogen-bond donors (Lipinski definition) is 1. The van der Waals surface area contributed by atoms with E-state index in [-0.39, 0.29) is 0 Å². The van der Waals surface area contributed by atoms with Gasteiger partial charge in [-0.15, -0.1) is 11.3 Å². The number of nitrogens with zero attached hydrogens (tertiary/aromatic N) is 4. The van der Waals surface area contributed by atoms with Gasteiger partial charge < -0.3 is 4.57 Å². The first-order chi connectivity index (χ1) is 11.7. The van der Waals surface area contributed by atoms with E-state index in [1.165, 1.54) is 15.8 Å². The Bertz CT molecular complexity index is 1070. The van der Waals surface area contributed by atoms with Gasteiger partial charge in [0, 0.05) is 41.0 Å². The molecule has 24 heavy (non-hydrogen) atoms. The van der Waals surface area contributed by atoms with Crippen LogP contribution in [-0.2, 0) is 13.5 Å². The Labute approximate surface area is 147 Å². The highest BCUT2D eigenvalue weighted by Crippen LogP contribution is 2.19. The molecular formula is C17H15N5S2. The van der Waals surface area contributed by atoms with Crippen LogP contribution in [0, 0.1) is 4.77 Å². The average molecular weight is 353 g/mol. The van der Waals surface area contributed by atoms with E-state index in [0.717, 1.165) is 11.4 Å². The lowest BCUT2D eigenvalue weighted by molar-refractivity contribution is 0.795. The lowest BCUT2D eigenvalue weighted by Gasteiger charge is -1.98. The quantitative estimate of drug-likeness (QED) is 0.446. The van der Waals surface area contributed by atoms with Crippen molar-refractivity contribution in [1.29, 1.82) is 0 Å². The summed E-state index contributed by atoms with van der Waals surface area (Å²) in [6.07, 6.45) is 4.61. The summed E-state index contributed by atoms with van der Waals surface area (Å²) in [7, 11) is 2.03. The van der Waals surface area contributed by atoms with Gasteiger partial charge in [0.1, 0.15) is 0 Å². The number of para-hydroxylation sites is 1. The summed E-state index contributed by atoms with van der Waals surface area (Å²) in [5, 5.41) is 14.9. The molecule has 0 radical (unpaired) electrons. The van der Waals surface area contributed by atoms with Gasteiger partial charge in [0.25, 0.3) is 0 Å². The lowest BCUT2D eigenvalue weighted by atomic mass is 10.2. The predicted molar refractivity (Wildman–Crippen MR) is 100 cm³/mol. The molecule has 1 aromatic carbocycles. The molecule has 0 aliphatic carbocycles. The molecular weight excluding hydrogens is 338 g/mol. The molecule has 5 nitrogen and oxygen atoms in total. The number of hydrogen-bond acceptors (Lipinski definition) is 4. The zero-order chi connectivity index (χ0) is 16.5. The maximum Gasteiger partial charge on any atom is 0.216 e. The minimum Gasteiger partial charge on any atom is -0.350 e. The topological polar surface area (TPSA) is 50.9 Å². The Morgan fingerprint density at radius 3 is 3.00 bits per heavy atom. The summed E-state index contributed by atoms with van der Waals surface area (Å²) < 4.78 is 4.28. The van der Waals surface area contributed by atoms with E-state index in [1.54, 1.807) is 16.0 Å². The first-order valence-corrected chi connectivity index (χ1v) is 8.78. The first-order valence-electron chi connectivity index (χ1n) is 7.49. The highest BCUT2D eigenvalue weighted by Gasteiger charge is 2.08. The molecule has 3 aromatic heterocycles. The van der Waals surface area contributed by atoms with E-state index >= 15 is 0 Å². The van der Waals surface area contributed by atoms with E-state index in [1.807, 2.05) is 31.5 Å². The second kappa shape index (κ2) is 6.18. The third-order valence-corrected chi connectivity index (χ3v) is 5.01. The maximum absolute atomic E-state index is 5.31. The van der Waals surface area contributed by atoms with Crippen molar-refractivity contribution in [3.63, 3.8) is 0 Å². The third kappa shape index (κ3) is 2.72. The number of thiophene rings is 1. The highest BCUT2D eigenvalue weighted by atomic mass is 32.1. The molecule has 4 rings (SSSR count). The smallest absolute Gasteiger partial charge is 0.216 e. The number of fused-ring (bicyclic) bond motifs is 1. The molecule has 7 heteroatoms. The van der Waals surface area contributed by atoms with Gasteiger partial charge in [0.05, 0.1) is 6.21 Å². The Morgan fingerprint density at radius 2 is 2.17 bits per heavy atom. The van der Waals surface area contributed by atoms with Crippen LogP contribution < -0.4 is 0 Å². The molecule has 0 atom stereocenters. The maximum atomic E-state index is 5.31. The number of H-pyrrole nitrogens is 1. The van der Waals surface area contributed by atoms with Gasteiger partial charge in [-0.05, 0) is 29.7 Å². The van der Waals surface area contributed by atoms with Crippen LogP contribution in [0.4, 0.5) is 0 Å². The molecule has 0 aliphatic heterocycles. The van der Waals surface area contributed by atoms with E-state index in [0.29, 0.717) is 11.2 Å². The van der Waals surface area contributed by atoms with Gasteiger partial charge in [-0.1, -0.05) is 24.3 Å². The second-order valence-corrected chi connectivity index (χ2v) is 6.89. The molecule has 0 saturated carbocycles. The van der Waals surface area contributed by atoms with Gasteiger partial charge in [-0.2, -0.15) is 14.9 Å². The molecule has 0 amide bonds. The van der Waals surface area contributed by atoms with Crippen LogP contribution in [0.25, 0.3) is 10.9 Å². The fraction of sp³-hybridized carbons (Fsp3) is 0.118. The van der Waals surface area contributed by atoms with E-state index in [2.05, 4.69) is 49.6 Å². The summed E-state index contributed by atoms with van der Waals surface area (Å²) in [6.45, 7) is 0. The van der Waals surface area contributed by atoms with Crippen molar-refractivity contribution < 1.29 is 0 Å². The summed E-state index contributed by atoms with van der Waals surface area (Å²) in [6, 6.07) is 12.4. The van der Waals surface area contributed by atoms with Crippen LogP contribution in [0.5, 0.6) is 0 Å². The van der Waals surface area contributed by atoms with Crippen molar-refractivity contribution in [2.45, 2.75) is 6.42 Å². The van der Waals surface area contributed by atoms with E-state index < -0.39 is 0 Å². The van der Waals surface area contributed by atoms with Crippen molar-refractivity contribution in [2.75, 3.05) is 0 Å². The summed E-state index contributed by atoms with van der Waals surface area (Å²) in [5.41, 5.74) is 2.23. The van der Waals surface area contributed by atoms with Crippen molar-refractivity contribution in [2.24, 2.45) is 12.1 Å². The second-order valence-electron chi connectivity index (χ2n) is 5.47. The molecule has 0 fully saturated rings. The predicted octanol–water partition coefficient (Wildman–Crippen LogP) is 3.97. The number of aromatic nitrogens is 4. The Morgan fingerprint density at radius 1 is 1.29 bits per heavy atom. The number of aryl methyl sites for hydroxylation is 1. The van der Waals surface area contributed by atoms with Gasteiger partial charge >= 0.3 is 0 Å². The Kier molecular flexibility index (Phi) is 3.87. The van der Waals surface area contributed by atoms with Crippen LogP contribution in [0.1, 0.15) is 16.3 Å². The van der Waals surface area contributed by atoms with Crippen molar-refractivity contribution in [3.8, 4) is 0 Å². The Balaban J connectivity index is 1.71.